The number of aryl methyl sites for hydroxylation is 1. The molecule has 3 heteroatoms. The maximum atomic E-state index is 4.57. The molecule has 0 spiro atoms. The van der Waals surface area contributed by atoms with Crippen LogP contribution in [0.4, 0.5) is 0 Å². The molecule has 112 valence electrons. The Morgan fingerprint density at radius 2 is 2.00 bits per heavy atom. The van der Waals surface area contributed by atoms with Crippen LogP contribution in [-0.4, -0.2) is 11.5 Å². The zero-order valence-electron chi connectivity index (χ0n) is 12.8. The van der Waals surface area contributed by atoms with E-state index < -0.39 is 0 Å². The minimum atomic E-state index is 0.162. The van der Waals surface area contributed by atoms with Gasteiger partial charge < -0.3 is 5.32 Å². The summed E-state index contributed by atoms with van der Waals surface area (Å²) in [6.45, 7) is 5.39. The molecule has 0 aliphatic carbocycles. The summed E-state index contributed by atoms with van der Waals surface area (Å²) in [6, 6.07) is 13.2. The van der Waals surface area contributed by atoms with Crippen molar-refractivity contribution in [3.63, 3.8) is 0 Å². The Kier molecular flexibility index (Phi) is 6.40. The third kappa shape index (κ3) is 4.65. The van der Waals surface area contributed by atoms with Gasteiger partial charge in [0.15, 0.2) is 0 Å². The Hall–Kier alpha value is -1.19. The quantitative estimate of drug-likeness (QED) is 0.772. The van der Waals surface area contributed by atoms with E-state index in [1.54, 1.807) is 0 Å². The van der Waals surface area contributed by atoms with Gasteiger partial charge in [0.2, 0.25) is 0 Å². The molecule has 1 N–H and O–H groups in total. The van der Waals surface area contributed by atoms with Crippen LogP contribution in [0.25, 0.3) is 0 Å². The zero-order chi connectivity index (χ0) is 15.1. The van der Waals surface area contributed by atoms with Gasteiger partial charge in [-0.05, 0) is 58.6 Å². The third-order valence-corrected chi connectivity index (χ3v) is 3.94. The van der Waals surface area contributed by atoms with Crippen LogP contribution in [0.1, 0.15) is 49.6 Å². The van der Waals surface area contributed by atoms with E-state index in [2.05, 4.69) is 76.5 Å². The lowest BCUT2D eigenvalue weighted by molar-refractivity contribution is 0.586. The van der Waals surface area contributed by atoms with Crippen LogP contribution in [0, 0.1) is 0 Å². The van der Waals surface area contributed by atoms with Crippen LogP contribution in [-0.2, 0) is 6.42 Å². The Morgan fingerprint density at radius 3 is 2.67 bits per heavy atom. The molecule has 1 aromatic heterocycles. The number of aromatic nitrogens is 1. The monoisotopic (exact) mass is 346 g/mol. The van der Waals surface area contributed by atoms with E-state index in [-0.39, 0.29) is 6.04 Å². The van der Waals surface area contributed by atoms with Gasteiger partial charge in [-0.15, -0.1) is 0 Å². The second kappa shape index (κ2) is 8.30. The lowest BCUT2D eigenvalue weighted by atomic mass is 9.99. The molecule has 0 fully saturated rings. The van der Waals surface area contributed by atoms with E-state index in [0.29, 0.717) is 0 Å². The van der Waals surface area contributed by atoms with Gasteiger partial charge in [0.25, 0.3) is 0 Å². The lowest BCUT2D eigenvalue weighted by Gasteiger charge is -2.19. The van der Waals surface area contributed by atoms with Gasteiger partial charge in [0, 0.05) is 10.7 Å². The van der Waals surface area contributed by atoms with Crippen molar-refractivity contribution in [2.75, 3.05) is 6.54 Å². The molecule has 0 amide bonds. The molecule has 0 saturated carbocycles. The summed E-state index contributed by atoms with van der Waals surface area (Å²) in [4.78, 5) is 4.57. The highest BCUT2D eigenvalue weighted by atomic mass is 79.9. The van der Waals surface area contributed by atoms with E-state index in [9.17, 15) is 0 Å². The second-order valence-electron chi connectivity index (χ2n) is 5.28. The molecule has 1 aromatic carbocycles. The third-order valence-electron chi connectivity index (χ3n) is 3.47. The minimum Gasteiger partial charge on any atom is -0.305 e. The largest absolute Gasteiger partial charge is 0.305 e. The number of pyridine rings is 1. The molecular formula is C18H23BrN2. The van der Waals surface area contributed by atoms with Crippen molar-refractivity contribution >= 4 is 15.9 Å². The fourth-order valence-corrected chi connectivity index (χ4v) is 2.69. The molecule has 2 aromatic rings. The standard InChI is InChI=1S/C18H23BrN2/c1-3-6-14-7-5-8-15(12-14)18(20-11-4-2)17-10-9-16(19)13-21-17/h5,7-10,12-13,18,20H,3-4,6,11H2,1-2H3. The molecule has 2 nitrogen and oxygen atoms in total. The predicted molar refractivity (Wildman–Crippen MR) is 92.5 cm³/mol. The molecule has 0 aliphatic rings. The molecule has 21 heavy (non-hydrogen) atoms. The number of hydrogen-bond donors (Lipinski definition) is 1. The highest BCUT2D eigenvalue weighted by Gasteiger charge is 2.14. The van der Waals surface area contributed by atoms with Crippen molar-refractivity contribution in [2.45, 2.75) is 39.2 Å². The van der Waals surface area contributed by atoms with E-state index in [1.165, 1.54) is 17.5 Å². The number of benzene rings is 1. The van der Waals surface area contributed by atoms with Crippen molar-refractivity contribution in [3.8, 4) is 0 Å². The van der Waals surface area contributed by atoms with Crippen LogP contribution in [0.2, 0.25) is 0 Å². The lowest BCUT2D eigenvalue weighted by Crippen LogP contribution is -2.24. The Balaban J connectivity index is 2.30. The Bertz CT molecular complexity index is 551. The van der Waals surface area contributed by atoms with Crippen molar-refractivity contribution in [1.29, 1.82) is 0 Å². The summed E-state index contributed by atoms with van der Waals surface area (Å²) in [6.07, 6.45) is 5.28. The fourth-order valence-electron chi connectivity index (χ4n) is 2.46. The molecule has 2 rings (SSSR count). The maximum absolute atomic E-state index is 4.57. The van der Waals surface area contributed by atoms with E-state index in [1.807, 2.05) is 6.20 Å². The van der Waals surface area contributed by atoms with Crippen LogP contribution in [0.3, 0.4) is 0 Å². The molecule has 1 atom stereocenters. The normalized spacial score (nSPS) is 12.3. The zero-order valence-corrected chi connectivity index (χ0v) is 14.4. The second-order valence-corrected chi connectivity index (χ2v) is 6.20. The Labute approximate surface area is 136 Å². The summed E-state index contributed by atoms with van der Waals surface area (Å²) in [5.41, 5.74) is 3.76. The van der Waals surface area contributed by atoms with E-state index in [4.69, 9.17) is 0 Å². The van der Waals surface area contributed by atoms with Crippen LogP contribution in [0.5, 0.6) is 0 Å². The number of nitrogens with one attached hydrogen (secondary N) is 1. The maximum Gasteiger partial charge on any atom is 0.0751 e. The Morgan fingerprint density at radius 1 is 1.14 bits per heavy atom. The van der Waals surface area contributed by atoms with Gasteiger partial charge in [-0.3, -0.25) is 4.98 Å². The number of nitrogens with zero attached hydrogens (tertiary/aromatic N) is 1. The van der Waals surface area contributed by atoms with E-state index >= 15 is 0 Å². The molecular weight excluding hydrogens is 324 g/mol. The summed E-state index contributed by atoms with van der Waals surface area (Å²) in [5.74, 6) is 0. The number of halogens is 1. The first-order valence-electron chi connectivity index (χ1n) is 7.68. The van der Waals surface area contributed by atoms with Gasteiger partial charge in [0.1, 0.15) is 0 Å². The van der Waals surface area contributed by atoms with Gasteiger partial charge in [-0.1, -0.05) is 44.5 Å². The highest BCUT2D eigenvalue weighted by Crippen LogP contribution is 2.23. The van der Waals surface area contributed by atoms with Crippen LogP contribution in [0.15, 0.2) is 47.1 Å². The summed E-state index contributed by atoms with van der Waals surface area (Å²) < 4.78 is 1.01. The van der Waals surface area contributed by atoms with Crippen molar-refractivity contribution < 1.29 is 0 Å². The molecule has 0 bridgehead atoms. The molecule has 0 radical (unpaired) electrons. The highest BCUT2D eigenvalue weighted by molar-refractivity contribution is 9.10. The van der Waals surface area contributed by atoms with Gasteiger partial charge in [-0.2, -0.15) is 0 Å². The van der Waals surface area contributed by atoms with Gasteiger partial charge in [0.05, 0.1) is 11.7 Å². The average molecular weight is 347 g/mol. The SMILES string of the molecule is CCCNC(c1cccc(CCC)c1)c1ccc(Br)cn1. The minimum absolute atomic E-state index is 0.162. The fraction of sp³-hybridized carbons (Fsp3) is 0.389. The smallest absolute Gasteiger partial charge is 0.0751 e. The average Bonchev–Trinajstić information content (AvgIpc) is 2.50. The summed E-state index contributed by atoms with van der Waals surface area (Å²) >= 11 is 3.45. The topological polar surface area (TPSA) is 24.9 Å². The number of rotatable bonds is 7. The van der Waals surface area contributed by atoms with Crippen molar-refractivity contribution in [2.24, 2.45) is 0 Å². The first-order valence-corrected chi connectivity index (χ1v) is 8.47. The first kappa shape index (κ1) is 16.2. The predicted octanol–water partition coefficient (Wildman–Crippen LogP) is 4.89. The van der Waals surface area contributed by atoms with Crippen molar-refractivity contribution in [1.82, 2.24) is 10.3 Å². The van der Waals surface area contributed by atoms with Crippen LogP contribution < -0.4 is 5.32 Å². The summed E-state index contributed by atoms with van der Waals surface area (Å²) in [5, 5.41) is 3.61. The van der Waals surface area contributed by atoms with Gasteiger partial charge >= 0.3 is 0 Å². The number of hydrogen-bond acceptors (Lipinski definition) is 2. The van der Waals surface area contributed by atoms with Gasteiger partial charge in [-0.25, -0.2) is 0 Å². The molecule has 0 aliphatic heterocycles. The molecule has 1 unspecified atom stereocenters. The molecule has 1 heterocycles. The first-order chi connectivity index (χ1) is 10.2. The summed E-state index contributed by atoms with van der Waals surface area (Å²) in [7, 11) is 0. The molecule has 0 saturated heterocycles. The van der Waals surface area contributed by atoms with Crippen molar-refractivity contribution in [3.05, 3.63) is 63.9 Å². The van der Waals surface area contributed by atoms with Crippen LogP contribution >= 0.6 is 15.9 Å². The van der Waals surface area contributed by atoms with E-state index in [0.717, 1.165) is 29.6 Å².